The van der Waals surface area contributed by atoms with Crippen molar-refractivity contribution in [2.45, 2.75) is 19.4 Å². The van der Waals surface area contributed by atoms with Gasteiger partial charge < -0.3 is 10.1 Å². The average Bonchev–Trinajstić information content (AvgIpc) is 2.97. The van der Waals surface area contributed by atoms with E-state index in [0.29, 0.717) is 0 Å². The maximum atomic E-state index is 5.40. The van der Waals surface area contributed by atoms with E-state index in [0.717, 1.165) is 24.4 Å². The summed E-state index contributed by atoms with van der Waals surface area (Å²) in [5, 5.41) is 10.0. The summed E-state index contributed by atoms with van der Waals surface area (Å²) in [4.78, 5) is 1.24. The zero-order chi connectivity index (χ0) is 13.0. The van der Waals surface area contributed by atoms with Crippen LogP contribution in [-0.4, -0.2) is 23.4 Å². The average molecular weight is 265 g/mol. The number of hydrogen-bond donors (Lipinski definition) is 1. The van der Waals surface area contributed by atoms with Gasteiger partial charge in [0.1, 0.15) is 5.75 Å². The summed E-state index contributed by atoms with van der Waals surface area (Å²) in [5.74, 6) is 0.960. The molecule has 18 heavy (non-hydrogen) atoms. The minimum atomic E-state index is 0.264. The normalized spacial score (nSPS) is 12.6. The number of ether oxygens (including phenoxy) is 1. The first-order chi connectivity index (χ1) is 8.74. The first-order valence-corrected chi connectivity index (χ1v) is 6.95. The highest BCUT2D eigenvalue weighted by Gasteiger charge is 2.18. The highest BCUT2D eigenvalue weighted by atomic mass is 32.1. The third-order valence-corrected chi connectivity index (χ3v) is 3.84. The molecule has 2 rings (SSSR count). The lowest BCUT2D eigenvalue weighted by Crippen LogP contribution is -2.22. The molecule has 1 atom stereocenters. The molecule has 0 fully saturated rings. The number of methoxy groups -OCH3 is 1. The van der Waals surface area contributed by atoms with Crippen molar-refractivity contribution in [3.05, 3.63) is 34.3 Å². The first kappa shape index (κ1) is 13.1. The van der Waals surface area contributed by atoms with Crippen molar-refractivity contribution in [3.63, 3.8) is 0 Å². The highest BCUT2D eigenvalue weighted by Crippen LogP contribution is 2.32. The van der Waals surface area contributed by atoms with Crippen LogP contribution in [0.4, 0.5) is 0 Å². The third kappa shape index (κ3) is 2.91. The summed E-state index contributed by atoms with van der Waals surface area (Å²) in [6.45, 7) is 3.05. The molecule has 4 nitrogen and oxygen atoms in total. The van der Waals surface area contributed by atoms with Crippen molar-refractivity contribution < 1.29 is 4.74 Å². The molecule has 0 aromatic carbocycles. The van der Waals surface area contributed by atoms with E-state index in [1.165, 1.54) is 4.88 Å². The van der Waals surface area contributed by atoms with E-state index < -0.39 is 0 Å². The Hall–Kier alpha value is -1.33. The Morgan fingerprint density at radius 1 is 1.50 bits per heavy atom. The summed E-state index contributed by atoms with van der Waals surface area (Å²) in [7, 11) is 3.66. The van der Waals surface area contributed by atoms with E-state index in [1.54, 1.807) is 18.4 Å². The highest BCUT2D eigenvalue weighted by molar-refractivity contribution is 7.10. The number of hydrogen-bond acceptors (Lipinski definition) is 4. The van der Waals surface area contributed by atoms with Gasteiger partial charge in [0, 0.05) is 19.7 Å². The number of nitrogens with one attached hydrogen (secondary N) is 1. The Kier molecular flexibility index (Phi) is 4.38. The van der Waals surface area contributed by atoms with Gasteiger partial charge in [-0.1, -0.05) is 6.92 Å². The quantitative estimate of drug-likeness (QED) is 0.871. The van der Waals surface area contributed by atoms with Crippen LogP contribution in [-0.2, 0) is 13.5 Å². The molecular weight excluding hydrogens is 246 g/mol. The number of rotatable bonds is 6. The van der Waals surface area contributed by atoms with Crippen LogP contribution >= 0.6 is 11.3 Å². The van der Waals surface area contributed by atoms with Crippen LogP contribution in [0.1, 0.15) is 23.5 Å². The van der Waals surface area contributed by atoms with E-state index in [4.69, 9.17) is 4.74 Å². The minimum Gasteiger partial charge on any atom is -0.496 e. The van der Waals surface area contributed by atoms with Crippen molar-refractivity contribution in [1.82, 2.24) is 15.1 Å². The fourth-order valence-electron chi connectivity index (χ4n) is 2.02. The number of aryl methyl sites for hydroxylation is 1. The number of aromatic nitrogens is 2. The van der Waals surface area contributed by atoms with Gasteiger partial charge in [0.05, 0.1) is 23.7 Å². The molecule has 2 heterocycles. The zero-order valence-corrected chi connectivity index (χ0v) is 11.8. The molecule has 1 unspecified atom stereocenters. The predicted octanol–water partition coefficient (Wildman–Crippen LogP) is 2.38. The monoisotopic (exact) mass is 265 g/mol. The molecular formula is C13H19N3OS. The van der Waals surface area contributed by atoms with E-state index in [1.807, 2.05) is 24.0 Å². The van der Waals surface area contributed by atoms with Gasteiger partial charge in [-0.25, -0.2) is 0 Å². The summed E-state index contributed by atoms with van der Waals surface area (Å²) in [5.41, 5.74) is 1.10. The van der Waals surface area contributed by atoms with E-state index >= 15 is 0 Å². The van der Waals surface area contributed by atoms with Crippen LogP contribution in [0, 0.1) is 0 Å². The third-order valence-electron chi connectivity index (χ3n) is 2.83. The molecule has 0 saturated carbocycles. The molecule has 0 radical (unpaired) electrons. The Morgan fingerprint density at radius 3 is 2.94 bits per heavy atom. The topological polar surface area (TPSA) is 39.1 Å². The molecule has 0 aliphatic heterocycles. The van der Waals surface area contributed by atoms with Gasteiger partial charge in [-0.15, -0.1) is 11.3 Å². The largest absolute Gasteiger partial charge is 0.496 e. The molecule has 2 aromatic rings. The Balaban J connectivity index is 2.17. The maximum Gasteiger partial charge on any atom is 0.134 e. The van der Waals surface area contributed by atoms with Crippen LogP contribution in [0.2, 0.25) is 0 Å². The predicted molar refractivity (Wildman–Crippen MR) is 74.2 cm³/mol. The van der Waals surface area contributed by atoms with Gasteiger partial charge in [0.15, 0.2) is 0 Å². The second-order valence-corrected chi connectivity index (χ2v) is 5.10. The Labute approximate surface area is 112 Å². The van der Waals surface area contributed by atoms with Gasteiger partial charge in [0.2, 0.25) is 0 Å². The van der Waals surface area contributed by atoms with Gasteiger partial charge >= 0.3 is 0 Å². The van der Waals surface area contributed by atoms with Crippen molar-refractivity contribution >= 4 is 11.3 Å². The van der Waals surface area contributed by atoms with Gasteiger partial charge in [-0.2, -0.15) is 5.10 Å². The molecule has 0 bridgehead atoms. The summed E-state index contributed by atoms with van der Waals surface area (Å²) >= 11 is 1.73. The minimum absolute atomic E-state index is 0.264. The molecule has 0 amide bonds. The van der Waals surface area contributed by atoms with Gasteiger partial charge in [-0.05, 0) is 24.1 Å². The lowest BCUT2D eigenvalue weighted by Gasteiger charge is -2.16. The zero-order valence-electron chi connectivity index (χ0n) is 11.0. The second kappa shape index (κ2) is 6.02. The van der Waals surface area contributed by atoms with Crippen LogP contribution in [0.25, 0.3) is 0 Å². The standard InChI is InChI=1S/C13H19N3OS/c1-4-14-11(9-10-5-7-16(2)15-10)13-12(17-3)6-8-18-13/h5-8,11,14H,4,9H2,1-3H3. The van der Waals surface area contributed by atoms with Crippen LogP contribution < -0.4 is 10.1 Å². The van der Waals surface area contributed by atoms with E-state index in [2.05, 4.69) is 28.8 Å². The first-order valence-electron chi connectivity index (χ1n) is 6.08. The van der Waals surface area contributed by atoms with Gasteiger partial charge in [0.25, 0.3) is 0 Å². The summed E-state index contributed by atoms with van der Waals surface area (Å²) in [6, 6.07) is 4.34. The van der Waals surface area contributed by atoms with Crippen LogP contribution in [0.15, 0.2) is 23.7 Å². The lowest BCUT2D eigenvalue weighted by molar-refractivity contribution is 0.403. The number of thiophene rings is 1. The molecule has 2 aromatic heterocycles. The summed E-state index contributed by atoms with van der Waals surface area (Å²) in [6.07, 6.45) is 2.86. The van der Waals surface area contributed by atoms with Crippen LogP contribution in [0.5, 0.6) is 5.75 Å². The molecule has 5 heteroatoms. The number of nitrogens with zero attached hydrogens (tertiary/aromatic N) is 2. The van der Waals surface area contributed by atoms with Crippen molar-refractivity contribution in [2.75, 3.05) is 13.7 Å². The molecule has 0 spiro atoms. The SMILES string of the molecule is CCNC(Cc1ccn(C)n1)c1sccc1OC. The van der Waals surface area contributed by atoms with E-state index in [-0.39, 0.29) is 6.04 Å². The second-order valence-electron chi connectivity index (χ2n) is 4.15. The fraction of sp³-hybridized carbons (Fsp3) is 0.462. The van der Waals surface area contributed by atoms with E-state index in [9.17, 15) is 0 Å². The molecule has 0 aliphatic rings. The summed E-state index contributed by atoms with van der Waals surface area (Å²) < 4.78 is 7.24. The molecule has 0 saturated heterocycles. The molecule has 1 N–H and O–H groups in total. The fourth-order valence-corrected chi connectivity index (χ4v) is 2.95. The smallest absolute Gasteiger partial charge is 0.134 e. The lowest BCUT2D eigenvalue weighted by atomic mass is 10.1. The van der Waals surface area contributed by atoms with Gasteiger partial charge in [-0.3, -0.25) is 4.68 Å². The Bertz CT molecular complexity index is 492. The number of likely N-dealkylation sites (N-methyl/N-ethyl adjacent to an activating group) is 1. The van der Waals surface area contributed by atoms with Crippen LogP contribution in [0.3, 0.4) is 0 Å². The van der Waals surface area contributed by atoms with Crippen molar-refractivity contribution in [2.24, 2.45) is 7.05 Å². The van der Waals surface area contributed by atoms with Crippen molar-refractivity contribution in [1.29, 1.82) is 0 Å². The Morgan fingerprint density at radius 2 is 2.33 bits per heavy atom. The molecule has 98 valence electrons. The molecule has 0 aliphatic carbocycles. The van der Waals surface area contributed by atoms with Crippen molar-refractivity contribution in [3.8, 4) is 5.75 Å². The maximum absolute atomic E-state index is 5.40.